The maximum Gasteiger partial charge on any atom is 0.253 e. The Hall–Kier alpha value is -2.76. The van der Waals surface area contributed by atoms with Crippen LogP contribution in [0.25, 0.3) is 11.3 Å². The van der Waals surface area contributed by atoms with E-state index in [-0.39, 0.29) is 23.7 Å². The molecular formula is C19H18FN3O2. The number of likely N-dealkylation sites (tertiary alicyclic amines) is 1. The zero-order valence-electron chi connectivity index (χ0n) is 13.8. The number of fused-ring (bicyclic) bond motifs is 1. The summed E-state index contributed by atoms with van der Waals surface area (Å²) in [6.45, 7) is 3.02. The zero-order valence-corrected chi connectivity index (χ0v) is 13.8. The molecule has 1 aliphatic carbocycles. The molecule has 2 heterocycles. The van der Waals surface area contributed by atoms with E-state index in [2.05, 4.69) is 10.3 Å². The normalized spacial score (nSPS) is 23.9. The molecule has 25 heavy (non-hydrogen) atoms. The summed E-state index contributed by atoms with van der Waals surface area (Å²) >= 11 is 0. The van der Waals surface area contributed by atoms with Gasteiger partial charge in [0.05, 0.1) is 11.3 Å². The van der Waals surface area contributed by atoms with Crippen molar-refractivity contribution >= 4 is 11.8 Å². The fourth-order valence-electron chi connectivity index (χ4n) is 3.58. The lowest BCUT2D eigenvalue weighted by molar-refractivity contribution is -0.128. The number of rotatable bonds is 3. The molecule has 2 unspecified atom stereocenters. The highest BCUT2D eigenvalue weighted by Crippen LogP contribution is 2.45. The first kappa shape index (κ1) is 15.7. The van der Waals surface area contributed by atoms with Crippen LogP contribution in [0.2, 0.25) is 0 Å². The summed E-state index contributed by atoms with van der Waals surface area (Å²) in [6, 6.07) is 9.75. The van der Waals surface area contributed by atoms with Gasteiger partial charge in [-0.2, -0.15) is 0 Å². The van der Waals surface area contributed by atoms with Gasteiger partial charge in [0.2, 0.25) is 5.91 Å². The van der Waals surface area contributed by atoms with Crippen molar-refractivity contribution < 1.29 is 14.0 Å². The number of amides is 2. The van der Waals surface area contributed by atoms with Gasteiger partial charge in [0.15, 0.2) is 0 Å². The molecule has 1 aromatic carbocycles. The van der Waals surface area contributed by atoms with Crippen molar-refractivity contribution in [3.63, 3.8) is 0 Å². The van der Waals surface area contributed by atoms with E-state index in [0.717, 1.165) is 13.1 Å². The topological polar surface area (TPSA) is 62.3 Å². The molecule has 2 aliphatic rings. The van der Waals surface area contributed by atoms with E-state index < -0.39 is 0 Å². The number of benzene rings is 1. The lowest BCUT2D eigenvalue weighted by atomic mass is 10.1. The summed E-state index contributed by atoms with van der Waals surface area (Å²) in [5.74, 6) is 0.349. The predicted octanol–water partition coefficient (Wildman–Crippen LogP) is 2.09. The second-order valence-electron chi connectivity index (χ2n) is 6.69. The number of hydrogen-bond donors (Lipinski definition) is 1. The Morgan fingerprint density at radius 2 is 1.96 bits per heavy atom. The van der Waals surface area contributed by atoms with Crippen LogP contribution < -0.4 is 5.32 Å². The molecule has 2 amide bonds. The highest BCUT2D eigenvalue weighted by molar-refractivity contribution is 5.94. The number of halogens is 1. The fraction of sp³-hybridized carbons (Fsp3) is 0.316. The van der Waals surface area contributed by atoms with Crippen molar-refractivity contribution in [3.8, 4) is 11.3 Å². The van der Waals surface area contributed by atoms with Crippen LogP contribution in [0.4, 0.5) is 4.39 Å². The Morgan fingerprint density at radius 1 is 1.20 bits per heavy atom. The number of piperidine rings is 1. The fourth-order valence-corrected chi connectivity index (χ4v) is 3.58. The van der Waals surface area contributed by atoms with Gasteiger partial charge in [-0.3, -0.25) is 14.6 Å². The van der Waals surface area contributed by atoms with Crippen molar-refractivity contribution in [1.82, 2.24) is 15.2 Å². The van der Waals surface area contributed by atoms with Gasteiger partial charge in [0.25, 0.3) is 5.91 Å². The number of hydrogen-bond acceptors (Lipinski definition) is 3. The van der Waals surface area contributed by atoms with E-state index in [1.807, 2.05) is 4.90 Å². The molecule has 6 heteroatoms. The molecule has 4 rings (SSSR count). The van der Waals surface area contributed by atoms with Gasteiger partial charge in [-0.05, 0) is 24.3 Å². The summed E-state index contributed by atoms with van der Waals surface area (Å²) in [5.41, 5.74) is 1.78. The number of pyridine rings is 1. The molecule has 1 saturated heterocycles. The van der Waals surface area contributed by atoms with Gasteiger partial charge in [0, 0.05) is 49.7 Å². The first-order valence-corrected chi connectivity index (χ1v) is 8.31. The number of carbonyl (C=O) groups excluding carboxylic acids is 2. The van der Waals surface area contributed by atoms with Crippen molar-refractivity contribution in [3.05, 3.63) is 54.0 Å². The highest BCUT2D eigenvalue weighted by Gasteiger charge is 2.57. The van der Waals surface area contributed by atoms with Crippen LogP contribution in [0.3, 0.4) is 0 Å². The first-order valence-electron chi connectivity index (χ1n) is 8.31. The summed E-state index contributed by atoms with van der Waals surface area (Å²) in [7, 11) is 0. The molecule has 2 atom stereocenters. The summed E-state index contributed by atoms with van der Waals surface area (Å²) in [6.07, 6.45) is 1.51. The van der Waals surface area contributed by atoms with Crippen molar-refractivity contribution in [2.45, 2.75) is 13.0 Å². The van der Waals surface area contributed by atoms with E-state index in [1.165, 1.54) is 18.3 Å². The molecule has 128 valence electrons. The van der Waals surface area contributed by atoms with E-state index in [0.29, 0.717) is 28.7 Å². The van der Waals surface area contributed by atoms with E-state index in [1.54, 1.807) is 31.2 Å². The van der Waals surface area contributed by atoms with Gasteiger partial charge in [-0.15, -0.1) is 0 Å². The average molecular weight is 339 g/mol. The van der Waals surface area contributed by atoms with Crippen molar-refractivity contribution in [2.24, 2.45) is 11.8 Å². The zero-order chi connectivity index (χ0) is 17.6. The molecule has 1 N–H and O–H groups in total. The SMILES string of the molecule is CC(=O)N1CC2C(C1)C2NC(=O)c1ccc(-c2cccc(F)c2)nc1. The summed E-state index contributed by atoms with van der Waals surface area (Å²) < 4.78 is 13.3. The molecule has 0 bridgehead atoms. The molecule has 1 aliphatic heterocycles. The van der Waals surface area contributed by atoms with Crippen molar-refractivity contribution in [1.29, 1.82) is 0 Å². The molecule has 0 spiro atoms. The minimum Gasteiger partial charge on any atom is -0.349 e. The van der Waals surface area contributed by atoms with Gasteiger partial charge in [-0.1, -0.05) is 12.1 Å². The molecule has 2 fully saturated rings. The van der Waals surface area contributed by atoms with Crippen LogP contribution in [-0.2, 0) is 4.79 Å². The predicted molar refractivity (Wildman–Crippen MR) is 90.1 cm³/mol. The number of nitrogens with zero attached hydrogens (tertiary/aromatic N) is 2. The Balaban J connectivity index is 1.38. The van der Waals surface area contributed by atoms with Gasteiger partial charge >= 0.3 is 0 Å². The quantitative estimate of drug-likeness (QED) is 0.931. The average Bonchev–Trinajstić information content (AvgIpc) is 3.04. The third-order valence-corrected chi connectivity index (χ3v) is 5.08. The third-order valence-electron chi connectivity index (χ3n) is 5.08. The third kappa shape index (κ3) is 2.99. The minimum absolute atomic E-state index is 0.0921. The van der Waals surface area contributed by atoms with E-state index in [4.69, 9.17) is 0 Å². The second kappa shape index (κ2) is 5.95. The lowest BCUT2D eigenvalue weighted by Crippen LogP contribution is -2.36. The minimum atomic E-state index is -0.319. The monoisotopic (exact) mass is 339 g/mol. The molecule has 5 nitrogen and oxygen atoms in total. The van der Waals surface area contributed by atoms with Crippen LogP contribution in [-0.4, -0.2) is 40.8 Å². The standard InChI is InChI=1S/C19H18FN3O2/c1-11(24)23-9-15-16(10-23)18(15)22-19(25)13-5-6-17(21-8-13)12-3-2-4-14(20)7-12/h2-8,15-16,18H,9-10H2,1H3,(H,22,25). The molecule has 2 aromatic rings. The maximum absolute atomic E-state index is 13.3. The number of nitrogens with one attached hydrogen (secondary N) is 1. The highest BCUT2D eigenvalue weighted by atomic mass is 19.1. The van der Waals surface area contributed by atoms with E-state index >= 15 is 0 Å². The molecule has 1 saturated carbocycles. The molecule has 1 aromatic heterocycles. The largest absolute Gasteiger partial charge is 0.349 e. The molecule has 0 radical (unpaired) electrons. The van der Waals surface area contributed by atoms with Crippen molar-refractivity contribution in [2.75, 3.05) is 13.1 Å². The number of aromatic nitrogens is 1. The van der Waals surface area contributed by atoms with Crippen LogP contribution in [0.5, 0.6) is 0 Å². The second-order valence-corrected chi connectivity index (χ2v) is 6.69. The first-order chi connectivity index (χ1) is 12.0. The summed E-state index contributed by atoms with van der Waals surface area (Å²) in [5, 5.41) is 3.02. The smallest absolute Gasteiger partial charge is 0.253 e. The number of carbonyl (C=O) groups is 2. The molecular weight excluding hydrogens is 321 g/mol. The van der Waals surface area contributed by atoms with Crippen LogP contribution in [0.1, 0.15) is 17.3 Å². The van der Waals surface area contributed by atoms with Crippen LogP contribution in [0, 0.1) is 17.7 Å². The Bertz CT molecular complexity index is 825. The maximum atomic E-state index is 13.3. The van der Waals surface area contributed by atoms with E-state index in [9.17, 15) is 14.0 Å². The Labute approximate surface area is 144 Å². The van der Waals surface area contributed by atoms with Crippen LogP contribution >= 0.6 is 0 Å². The Kier molecular flexibility index (Phi) is 3.75. The van der Waals surface area contributed by atoms with Crippen LogP contribution in [0.15, 0.2) is 42.6 Å². The van der Waals surface area contributed by atoms with Gasteiger partial charge in [0.1, 0.15) is 5.82 Å². The Morgan fingerprint density at radius 3 is 2.56 bits per heavy atom. The van der Waals surface area contributed by atoms with Gasteiger partial charge < -0.3 is 10.2 Å². The summed E-state index contributed by atoms with van der Waals surface area (Å²) in [4.78, 5) is 29.8. The van der Waals surface area contributed by atoms with Gasteiger partial charge in [-0.25, -0.2) is 4.39 Å². The lowest BCUT2D eigenvalue weighted by Gasteiger charge is -2.18.